The number of aromatic amines is 1. The van der Waals surface area contributed by atoms with Crippen molar-refractivity contribution in [1.82, 2.24) is 20.4 Å². The predicted molar refractivity (Wildman–Crippen MR) is 131 cm³/mol. The highest BCUT2D eigenvalue weighted by molar-refractivity contribution is 8.00. The maximum absolute atomic E-state index is 12.7. The van der Waals surface area contributed by atoms with Crippen molar-refractivity contribution in [3.05, 3.63) is 28.9 Å². The van der Waals surface area contributed by atoms with Gasteiger partial charge in [0.2, 0.25) is 0 Å². The monoisotopic (exact) mass is 480 g/mol. The molecule has 1 aromatic carbocycles. The Balaban J connectivity index is 1.37. The minimum atomic E-state index is -1.95. The molecule has 2 aromatic rings. The summed E-state index contributed by atoms with van der Waals surface area (Å²) < 4.78 is 12.0. The molecule has 0 saturated carbocycles. The van der Waals surface area contributed by atoms with Crippen LogP contribution in [0.15, 0.2) is 18.3 Å². The second-order valence-electron chi connectivity index (χ2n) is 9.91. The summed E-state index contributed by atoms with van der Waals surface area (Å²) in [5.41, 5.74) is 1.17. The van der Waals surface area contributed by atoms with Gasteiger partial charge in [0, 0.05) is 46.6 Å². The minimum absolute atomic E-state index is 0.0433. The zero-order chi connectivity index (χ0) is 23.1. The molecule has 3 N–H and O–H groups in total. The summed E-state index contributed by atoms with van der Waals surface area (Å²) in [7, 11) is -1.95. The number of aromatic nitrogens is 2. The molecule has 2 aliphatic heterocycles. The molecule has 2 amide bonds. The van der Waals surface area contributed by atoms with E-state index in [0.29, 0.717) is 29.6 Å². The number of likely N-dealkylation sites (tertiary alicyclic amines) is 1. The van der Waals surface area contributed by atoms with Crippen LogP contribution in [-0.4, -0.2) is 67.0 Å². The van der Waals surface area contributed by atoms with Gasteiger partial charge in [0.1, 0.15) is 0 Å². The Morgan fingerprint density at radius 3 is 2.62 bits per heavy atom. The van der Waals surface area contributed by atoms with Gasteiger partial charge in [-0.3, -0.25) is 9.31 Å². The topological polar surface area (TPSA) is 98.3 Å². The third-order valence-corrected chi connectivity index (χ3v) is 9.56. The summed E-state index contributed by atoms with van der Waals surface area (Å²) in [6.07, 6.45) is 4.10. The molecular formula is C23H33ClN4O3S. The maximum atomic E-state index is 12.7. The number of urea groups is 1. The molecule has 1 atom stereocenters. The molecule has 2 saturated heterocycles. The van der Waals surface area contributed by atoms with Gasteiger partial charge in [0.25, 0.3) is 0 Å². The Labute approximate surface area is 194 Å². The molecule has 2 fully saturated rings. The molecule has 0 unspecified atom stereocenters. The zero-order valence-electron chi connectivity index (χ0n) is 18.8. The molecule has 176 valence electrons. The van der Waals surface area contributed by atoms with Crippen molar-refractivity contribution >= 4 is 43.9 Å². The van der Waals surface area contributed by atoms with Gasteiger partial charge in [0.15, 0.2) is 0 Å². The Kier molecular flexibility index (Phi) is 6.49. The van der Waals surface area contributed by atoms with Crippen LogP contribution in [0.5, 0.6) is 0 Å². The molecule has 0 spiro atoms. The Hall–Kier alpha value is -1.77. The second-order valence-corrected chi connectivity index (χ2v) is 13.1. The lowest BCUT2D eigenvalue weighted by Crippen LogP contribution is -2.51. The van der Waals surface area contributed by atoms with Crippen molar-refractivity contribution < 1.29 is 14.1 Å². The fraction of sp³-hybridized carbons (Fsp3) is 0.609. The number of nitrogens with one attached hydrogen (secondary N) is 2. The van der Waals surface area contributed by atoms with Gasteiger partial charge in [-0.2, -0.15) is 5.10 Å². The van der Waals surface area contributed by atoms with Gasteiger partial charge in [0.05, 0.1) is 17.8 Å². The van der Waals surface area contributed by atoms with Crippen molar-refractivity contribution in [3.8, 4) is 0 Å². The Morgan fingerprint density at radius 1 is 1.31 bits per heavy atom. The molecule has 4 rings (SSSR count). The Morgan fingerprint density at radius 2 is 1.97 bits per heavy atom. The van der Waals surface area contributed by atoms with Gasteiger partial charge in [-0.05, 0) is 64.5 Å². The summed E-state index contributed by atoms with van der Waals surface area (Å²) in [6.45, 7) is 5.47. The van der Waals surface area contributed by atoms with Gasteiger partial charge in [-0.1, -0.05) is 25.4 Å². The molecule has 7 nitrogen and oxygen atoms in total. The van der Waals surface area contributed by atoms with E-state index in [1.807, 2.05) is 17.0 Å². The lowest BCUT2D eigenvalue weighted by molar-refractivity contribution is -0.0144. The molecule has 9 heteroatoms. The smallest absolute Gasteiger partial charge is 0.317 e. The van der Waals surface area contributed by atoms with Crippen LogP contribution >= 0.6 is 11.6 Å². The summed E-state index contributed by atoms with van der Waals surface area (Å²) in [5, 5.41) is 23.0. The fourth-order valence-corrected chi connectivity index (χ4v) is 6.95. The van der Waals surface area contributed by atoms with Gasteiger partial charge < -0.3 is 15.3 Å². The minimum Gasteiger partial charge on any atom is -0.388 e. The van der Waals surface area contributed by atoms with Crippen LogP contribution in [0.25, 0.3) is 10.9 Å². The van der Waals surface area contributed by atoms with E-state index in [0.717, 1.165) is 42.1 Å². The number of amides is 2. The van der Waals surface area contributed by atoms with Crippen LogP contribution in [0.2, 0.25) is 5.02 Å². The van der Waals surface area contributed by atoms with Crippen LogP contribution in [0.4, 0.5) is 4.79 Å². The molecule has 0 aliphatic carbocycles. The summed E-state index contributed by atoms with van der Waals surface area (Å²) in [5.74, 6) is 5.21. The van der Waals surface area contributed by atoms with Crippen LogP contribution in [0.3, 0.4) is 0 Å². The number of halogens is 1. The summed E-state index contributed by atoms with van der Waals surface area (Å²) >= 11 is 6.29. The van der Waals surface area contributed by atoms with E-state index >= 15 is 0 Å². The van der Waals surface area contributed by atoms with E-state index in [9.17, 15) is 14.1 Å². The largest absolute Gasteiger partial charge is 0.388 e. The van der Waals surface area contributed by atoms with Gasteiger partial charge >= 0.3 is 6.03 Å². The number of benzene rings is 1. The zero-order valence-corrected chi connectivity index (χ0v) is 20.3. The summed E-state index contributed by atoms with van der Waals surface area (Å²) in [6, 6.07) is 3.68. The number of aliphatic hydroxyl groups excluding tert-OH is 1. The van der Waals surface area contributed by atoms with Crippen molar-refractivity contribution in [1.29, 1.82) is 0 Å². The highest BCUT2D eigenvalue weighted by atomic mass is 35.5. The van der Waals surface area contributed by atoms with E-state index in [-0.39, 0.29) is 18.0 Å². The second kappa shape index (κ2) is 8.88. The third-order valence-electron chi connectivity index (χ3n) is 7.38. The van der Waals surface area contributed by atoms with E-state index in [1.165, 1.54) is 0 Å². The number of hydrogen-bond acceptors (Lipinski definition) is 4. The normalized spacial score (nSPS) is 26.2. The summed E-state index contributed by atoms with van der Waals surface area (Å²) in [4.78, 5) is 14.6. The van der Waals surface area contributed by atoms with Crippen molar-refractivity contribution in [2.24, 2.45) is 11.3 Å². The standard InChI is InChI=1S/C23H33ClN4O3S/c1-23(2,21(29)19-13-17(24)12-15-14-25-27-20(15)19)16-4-8-28(9-5-16)22(30)26-18-6-10-32(3,31)11-7-18/h12-14,16,18,21,29H,3-11H2,1-2H3,(H,25,27)(H,26,30)/t18?,21-,32?/m1/s1. The number of piperidine rings is 1. The van der Waals surface area contributed by atoms with Crippen molar-refractivity contribution in [2.45, 2.75) is 51.7 Å². The fourth-order valence-electron chi connectivity index (χ4n) is 5.08. The molecule has 1 aromatic heterocycles. The lowest BCUT2D eigenvalue weighted by Gasteiger charge is -2.43. The number of fused-ring (bicyclic) bond motifs is 1. The van der Waals surface area contributed by atoms with Crippen molar-refractivity contribution in [3.63, 3.8) is 0 Å². The number of nitrogens with zero attached hydrogens (tertiary/aromatic N) is 2. The first kappa shape index (κ1) is 23.4. The van der Waals surface area contributed by atoms with Crippen LogP contribution in [0.1, 0.15) is 51.2 Å². The third kappa shape index (κ3) is 4.77. The number of rotatable bonds is 4. The van der Waals surface area contributed by atoms with Gasteiger partial charge in [-0.25, -0.2) is 4.79 Å². The first-order chi connectivity index (χ1) is 15.1. The first-order valence-electron chi connectivity index (χ1n) is 11.3. The molecule has 0 bridgehead atoms. The first-order valence-corrected chi connectivity index (χ1v) is 13.7. The predicted octanol–water partition coefficient (Wildman–Crippen LogP) is 3.58. The molecular weight excluding hydrogens is 448 g/mol. The van der Waals surface area contributed by atoms with Crippen LogP contribution < -0.4 is 5.32 Å². The number of carbonyl (C=O) groups excluding carboxylic acids is 1. The maximum Gasteiger partial charge on any atom is 0.317 e. The average molecular weight is 481 g/mol. The van der Waals surface area contributed by atoms with Gasteiger partial charge in [-0.15, -0.1) is 0 Å². The van der Waals surface area contributed by atoms with Crippen LogP contribution in [-0.2, 0) is 9.52 Å². The number of H-pyrrole nitrogens is 1. The quantitative estimate of drug-likeness (QED) is 0.582. The van der Waals surface area contributed by atoms with E-state index in [1.54, 1.807) is 6.20 Å². The van der Waals surface area contributed by atoms with Crippen LogP contribution in [0, 0.1) is 11.3 Å². The molecule has 0 radical (unpaired) electrons. The van der Waals surface area contributed by atoms with Crippen molar-refractivity contribution in [2.75, 3.05) is 24.6 Å². The highest BCUT2D eigenvalue weighted by Crippen LogP contribution is 2.46. The van der Waals surface area contributed by atoms with E-state index in [2.05, 4.69) is 35.2 Å². The Bertz CT molecular complexity index is 1080. The SMILES string of the molecule is C=S1(=O)CCC(NC(=O)N2CCC(C(C)(C)[C@H](O)c3cc(Cl)cc4cn[nH]c34)CC2)CC1. The van der Waals surface area contributed by atoms with E-state index < -0.39 is 21.0 Å². The molecule has 32 heavy (non-hydrogen) atoms. The van der Waals surface area contributed by atoms with E-state index in [4.69, 9.17) is 11.6 Å². The highest BCUT2D eigenvalue weighted by Gasteiger charge is 2.40. The number of hydrogen-bond donors (Lipinski definition) is 3. The average Bonchev–Trinajstić information content (AvgIpc) is 3.22. The molecule has 2 aliphatic rings. The molecule has 3 heterocycles. The number of carbonyl (C=O) groups is 1. The number of aliphatic hydroxyl groups is 1. The lowest BCUT2D eigenvalue weighted by atomic mass is 9.68.